The second-order valence-corrected chi connectivity index (χ2v) is 8.51. The molecule has 5 rings (SSSR count). The van der Waals surface area contributed by atoms with Gasteiger partial charge in [0.2, 0.25) is 0 Å². The van der Waals surface area contributed by atoms with Crippen LogP contribution in [0.1, 0.15) is 43.6 Å². The Bertz CT molecular complexity index is 1160. The van der Waals surface area contributed by atoms with Crippen molar-refractivity contribution in [2.24, 2.45) is 0 Å². The molecule has 2 aromatic carbocycles. The molecule has 1 fully saturated rings. The Morgan fingerprint density at radius 3 is 2.40 bits per heavy atom. The van der Waals surface area contributed by atoms with Crippen LogP contribution in [0.3, 0.4) is 0 Å². The normalized spacial score (nSPS) is 14.7. The van der Waals surface area contributed by atoms with Crippen molar-refractivity contribution in [3.8, 4) is 22.3 Å². The van der Waals surface area contributed by atoms with Gasteiger partial charge in [0, 0.05) is 53.8 Å². The summed E-state index contributed by atoms with van der Waals surface area (Å²) in [7, 11) is 0. The molecule has 6 nitrogen and oxygen atoms in total. The van der Waals surface area contributed by atoms with E-state index in [4.69, 9.17) is 10.5 Å². The van der Waals surface area contributed by atoms with Gasteiger partial charge in [0.1, 0.15) is 11.6 Å². The molecule has 0 atom stereocenters. The molecule has 0 bridgehead atoms. The summed E-state index contributed by atoms with van der Waals surface area (Å²) in [4.78, 5) is 18.6. The standard InChI is InChI=1S/C24H23FN4O2.C3H8.CH4/c25-22-13-19-16(5-6-27-24(19)30)11-20(22)21-12-17(14-28-23(21)26)15-1-3-18(4-2-15)29-7-9-31-10-8-29;1-3-2;/h1-4,11-14H,5-10H2,(H2,26,28)(H,27,30);3H2,1-2H3;1H4. The van der Waals surface area contributed by atoms with Crippen LogP contribution < -0.4 is 16.0 Å². The summed E-state index contributed by atoms with van der Waals surface area (Å²) in [5, 5.41) is 2.74. The summed E-state index contributed by atoms with van der Waals surface area (Å²) >= 11 is 0. The molecule has 1 amide bonds. The zero-order valence-corrected chi connectivity index (χ0v) is 19.7. The van der Waals surface area contributed by atoms with Gasteiger partial charge in [0.15, 0.2) is 0 Å². The van der Waals surface area contributed by atoms with E-state index in [0.717, 1.165) is 48.7 Å². The van der Waals surface area contributed by atoms with Crippen LogP contribution in [0.25, 0.3) is 22.3 Å². The van der Waals surface area contributed by atoms with Gasteiger partial charge < -0.3 is 20.7 Å². The minimum absolute atomic E-state index is 0. The lowest BCUT2D eigenvalue weighted by Crippen LogP contribution is -2.36. The first-order valence-corrected chi connectivity index (χ1v) is 11.8. The third kappa shape index (κ3) is 5.80. The SMILES string of the molecule is C.CCC.Nc1ncc(-c2ccc(N3CCOCC3)cc2)cc1-c1cc2c(cc1F)C(=O)NCC2. The van der Waals surface area contributed by atoms with E-state index in [9.17, 15) is 9.18 Å². The summed E-state index contributed by atoms with van der Waals surface area (Å²) in [6.45, 7) is 8.02. The first-order chi connectivity index (χ1) is 16.5. The van der Waals surface area contributed by atoms with Crippen molar-refractivity contribution >= 4 is 17.4 Å². The molecule has 0 spiro atoms. The number of anilines is 2. The average molecular weight is 479 g/mol. The van der Waals surface area contributed by atoms with E-state index in [1.54, 1.807) is 12.3 Å². The minimum Gasteiger partial charge on any atom is -0.383 e. The molecule has 35 heavy (non-hydrogen) atoms. The number of pyridine rings is 1. The van der Waals surface area contributed by atoms with E-state index < -0.39 is 5.82 Å². The third-order valence-corrected chi connectivity index (χ3v) is 5.90. The number of nitrogens with zero attached hydrogens (tertiary/aromatic N) is 2. The second-order valence-electron chi connectivity index (χ2n) is 8.51. The molecule has 7 heteroatoms. The number of halogens is 1. The lowest BCUT2D eigenvalue weighted by atomic mass is 9.93. The van der Waals surface area contributed by atoms with Gasteiger partial charge in [0.25, 0.3) is 5.91 Å². The maximum absolute atomic E-state index is 14.9. The Labute approximate surface area is 207 Å². The Balaban J connectivity index is 0.000000815. The van der Waals surface area contributed by atoms with Crippen molar-refractivity contribution < 1.29 is 13.9 Å². The van der Waals surface area contributed by atoms with Gasteiger partial charge >= 0.3 is 0 Å². The van der Waals surface area contributed by atoms with Gasteiger partial charge in [-0.1, -0.05) is 39.8 Å². The highest BCUT2D eigenvalue weighted by molar-refractivity contribution is 5.97. The third-order valence-electron chi connectivity index (χ3n) is 5.90. The van der Waals surface area contributed by atoms with E-state index in [2.05, 4.69) is 41.2 Å². The van der Waals surface area contributed by atoms with Gasteiger partial charge in [-0.25, -0.2) is 9.37 Å². The van der Waals surface area contributed by atoms with E-state index in [-0.39, 0.29) is 19.2 Å². The number of nitrogens with one attached hydrogen (secondary N) is 1. The summed E-state index contributed by atoms with van der Waals surface area (Å²) in [6, 6.07) is 13.1. The highest BCUT2D eigenvalue weighted by Gasteiger charge is 2.21. The van der Waals surface area contributed by atoms with Crippen molar-refractivity contribution in [3.63, 3.8) is 0 Å². The van der Waals surface area contributed by atoms with Crippen LogP contribution in [-0.2, 0) is 11.2 Å². The van der Waals surface area contributed by atoms with Gasteiger partial charge in [-0.2, -0.15) is 0 Å². The monoisotopic (exact) mass is 478 g/mol. The van der Waals surface area contributed by atoms with Gasteiger partial charge in [-0.05, 0) is 47.9 Å². The highest BCUT2D eigenvalue weighted by Crippen LogP contribution is 2.34. The van der Waals surface area contributed by atoms with Crippen molar-refractivity contribution in [2.45, 2.75) is 34.1 Å². The number of carbonyl (C=O) groups is 1. The molecule has 1 saturated heterocycles. The number of aromatic nitrogens is 1. The fourth-order valence-electron chi connectivity index (χ4n) is 4.18. The van der Waals surface area contributed by atoms with Crippen LogP contribution in [0, 0.1) is 5.82 Å². The number of rotatable bonds is 3. The number of hydrogen-bond donors (Lipinski definition) is 2. The summed E-state index contributed by atoms with van der Waals surface area (Å²) < 4.78 is 20.3. The number of amides is 1. The molecular formula is C28H35FN4O2. The number of benzene rings is 2. The first kappa shape index (κ1) is 26.2. The van der Waals surface area contributed by atoms with Gasteiger partial charge in [0.05, 0.1) is 13.2 Å². The van der Waals surface area contributed by atoms with E-state index in [1.807, 2.05) is 18.2 Å². The molecule has 0 radical (unpaired) electrons. The van der Waals surface area contributed by atoms with E-state index in [1.165, 1.54) is 12.5 Å². The van der Waals surface area contributed by atoms with Crippen LogP contribution in [0.15, 0.2) is 48.7 Å². The molecule has 3 heterocycles. The molecule has 2 aliphatic heterocycles. The van der Waals surface area contributed by atoms with Crippen LogP contribution >= 0.6 is 0 Å². The zero-order valence-electron chi connectivity index (χ0n) is 19.7. The molecule has 0 saturated carbocycles. The fourth-order valence-corrected chi connectivity index (χ4v) is 4.18. The molecule has 3 aromatic rings. The number of fused-ring (bicyclic) bond motifs is 1. The number of morpholine rings is 1. The number of ether oxygens (including phenoxy) is 1. The number of nitrogens with two attached hydrogens (primary N) is 1. The number of hydrogen-bond acceptors (Lipinski definition) is 5. The summed E-state index contributed by atoms with van der Waals surface area (Å²) in [5.74, 6) is -0.469. The fraction of sp³-hybridized carbons (Fsp3) is 0.357. The summed E-state index contributed by atoms with van der Waals surface area (Å²) in [5.41, 5.74) is 11.2. The van der Waals surface area contributed by atoms with Crippen LogP contribution in [0.2, 0.25) is 0 Å². The maximum Gasteiger partial charge on any atom is 0.251 e. The van der Waals surface area contributed by atoms with E-state index >= 15 is 0 Å². The molecular weight excluding hydrogens is 443 g/mol. The predicted octanol–water partition coefficient (Wildman–Crippen LogP) is 5.31. The van der Waals surface area contributed by atoms with Gasteiger partial charge in [-0.3, -0.25) is 4.79 Å². The zero-order chi connectivity index (χ0) is 24.1. The minimum atomic E-state index is -0.482. The second kappa shape index (κ2) is 11.8. The lowest BCUT2D eigenvalue weighted by Gasteiger charge is -2.28. The van der Waals surface area contributed by atoms with Crippen molar-refractivity contribution in [3.05, 3.63) is 65.6 Å². The lowest BCUT2D eigenvalue weighted by molar-refractivity contribution is 0.0945. The predicted molar refractivity (Wildman–Crippen MR) is 141 cm³/mol. The molecule has 0 unspecified atom stereocenters. The van der Waals surface area contributed by atoms with Crippen molar-refractivity contribution in [1.29, 1.82) is 0 Å². The molecule has 186 valence electrons. The van der Waals surface area contributed by atoms with Crippen molar-refractivity contribution in [1.82, 2.24) is 10.3 Å². The Kier molecular flexibility index (Phi) is 8.82. The maximum atomic E-state index is 14.9. The quantitative estimate of drug-likeness (QED) is 0.533. The molecule has 1 aromatic heterocycles. The molecule has 3 N–H and O–H groups in total. The smallest absolute Gasteiger partial charge is 0.251 e. The Morgan fingerprint density at radius 2 is 1.71 bits per heavy atom. The van der Waals surface area contributed by atoms with Crippen LogP contribution in [-0.4, -0.2) is 43.7 Å². The van der Waals surface area contributed by atoms with Crippen LogP contribution in [0.4, 0.5) is 15.9 Å². The first-order valence-electron chi connectivity index (χ1n) is 11.8. The number of carbonyl (C=O) groups excluding carboxylic acids is 1. The Morgan fingerprint density at radius 1 is 1.03 bits per heavy atom. The highest BCUT2D eigenvalue weighted by atomic mass is 19.1. The average Bonchev–Trinajstić information content (AvgIpc) is 2.86. The van der Waals surface area contributed by atoms with E-state index in [0.29, 0.717) is 29.7 Å². The Hall–Kier alpha value is -3.45. The summed E-state index contributed by atoms with van der Waals surface area (Å²) in [6.07, 6.45) is 3.61. The van der Waals surface area contributed by atoms with Gasteiger partial charge in [-0.15, -0.1) is 0 Å². The number of nitrogen functional groups attached to an aromatic ring is 1. The molecule has 0 aliphatic carbocycles. The van der Waals surface area contributed by atoms with Crippen LogP contribution in [0.5, 0.6) is 0 Å². The van der Waals surface area contributed by atoms with Crippen molar-refractivity contribution in [2.75, 3.05) is 43.5 Å². The topological polar surface area (TPSA) is 80.5 Å². The molecule has 2 aliphatic rings. The largest absolute Gasteiger partial charge is 0.383 e.